The molecular formula is C120H248N6Y9-14. The summed E-state index contributed by atoms with van der Waals surface area (Å²) in [6.45, 7) is 130. The van der Waals surface area contributed by atoms with Crippen LogP contribution < -0.4 is 31.9 Å². The SMILES string of the molecule is CC.CC.CC.CC.CC.CC.CC.CC.CC.CC.CC.CC.CC.CC.CC.CC.CC.CC.[CH-]1CCCC1C1[CH-]CNC1.[CH2-]C1CC2CCCC2C1[CH2-].[CH2-]C1CC2CNCC2C1[CH2-].[CH2-]CC1[CH-]C2CCCC2C1.[CH2-]CC1[CH-]C2CNCC2C1.[CH2-]CC1[CH-]CC2CCCC12.[CH2-]CC1[CH-]CC2CNCC12.[CH2-]CC[CH-]C1CNCC1[CH2-].[CH2-]CC[CH-]CC1[CH-]CNC1.[Y+3].[Y+3].[Y].[Y].[Y].[Y].[Y].[Y].[Y]. The smallest absolute Gasteiger partial charge is 0.348 e. The molecule has 6 saturated heterocycles. The van der Waals surface area contributed by atoms with E-state index in [4.69, 9.17) is 0 Å². The van der Waals surface area contributed by atoms with E-state index in [1.807, 2.05) is 249 Å². The van der Waals surface area contributed by atoms with Gasteiger partial charge in [0.25, 0.3) is 0 Å². The van der Waals surface area contributed by atoms with Gasteiger partial charge in [0.05, 0.1) is 0 Å². The van der Waals surface area contributed by atoms with Crippen molar-refractivity contribution in [3.63, 3.8) is 0 Å². The third-order valence-corrected chi connectivity index (χ3v) is 25.7. The van der Waals surface area contributed by atoms with Crippen molar-refractivity contribution in [1.82, 2.24) is 31.9 Å². The minimum absolute atomic E-state index is 0. The number of fused-ring (bicyclic) bond motifs is 6. The standard InChI is InChI=1S/3C10H16.4C9H15N.2C9H16N.18C2H6.9Y/c1-7-6-9-4-3-5-10(9)8(7)2;1-2-8-6-9-4-3-5-10(9)7-8;1-2-8-6-7-9-4-3-5-10(8)9;1-6-3-8-4-10-5-9(8)7(6)2;1-2-7-3-8-5-10-6-9(8)4-7;1-2-7-3-4-8-5-10-6-9(7)8;1-2-4-8(3-1)9-5-6-10-7-9;1-3-4-5-9-7-10-6-8(9)2;1-2-3-4-5-9-6-7-10-8-9;18*1-2;;;;;;;;;/h7-10H,1-6H2;2*6,8-10H,1-5,7H2;6-10H,1-5H2;2*3,7-10H,1-2,4-6H2;3,5,8-10H,1-2,4,6-7H2;5,8-10H,1-4,6-7H2;4,6,9-10H,1-3,5,7-8H2;18*1-2H3;;;;;;;;;/q7*-2;2*-3;;;;;;;;;;;;;;;;;;;;;;;;;;2*+3. The number of hydrogen-bond acceptors (Lipinski definition) is 6. The Bertz CT molecular complexity index is 1730. The zero-order valence-electron chi connectivity index (χ0n) is 99.2. The molecule has 10 aliphatic carbocycles. The predicted octanol–water partition coefficient (Wildman–Crippen LogP) is 35.0. The molecule has 16 aliphatic rings. The Morgan fingerprint density at radius 2 is 0.659 bits per heavy atom. The van der Waals surface area contributed by atoms with Crippen LogP contribution in [0.25, 0.3) is 0 Å². The fraction of sp³-hybridized carbons (Fsp3) is 0.833. The number of rotatable bonds is 12. The third-order valence-electron chi connectivity index (χ3n) is 25.7. The number of hydrogen-bond donors (Lipinski definition) is 6. The molecule has 0 aromatic carbocycles. The second-order valence-corrected chi connectivity index (χ2v) is 31.6. The fourth-order valence-electron chi connectivity index (χ4n) is 20.0. The monoisotopic (exact) mass is 2570 g/mol. The van der Waals surface area contributed by atoms with Crippen LogP contribution in [0.2, 0.25) is 0 Å². The Hall–Kier alpha value is 9.70. The topological polar surface area (TPSA) is 72.2 Å². The van der Waals surface area contributed by atoms with E-state index in [0.29, 0.717) is 35.5 Å². The first kappa shape index (κ1) is 192. The van der Waals surface area contributed by atoms with E-state index >= 15 is 0 Å². The Morgan fingerprint density at radius 3 is 1.07 bits per heavy atom. The van der Waals surface area contributed by atoms with Crippen LogP contribution in [0.5, 0.6) is 0 Å². The zero-order valence-corrected chi connectivity index (χ0v) is 125. The number of unbranched alkanes of at least 4 members (excludes halogenated alkanes) is 3. The Labute approximate surface area is 1090 Å². The van der Waals surface area contributed by atoms with Crippen LogP contribution in [-0.2, 0) is 294 Å². The molecule has 10 saturated carbocycles. The molecule has 6 aliphatic heterocycles. The molecule has 0 bridgehead atoms. The van der Waals surface area contributed by atoms with E-state index in [2.05, 4.69) is 166 Å². The van der Waals surface area contributed by atoms with Crippen LogP contribution in [0, 0.1) is 282 Å². The van der Waals surface area contributed by atoms with Gasteiger partial charge in [0.2, 0.25) is 0 Å². The molecule has 6 nitrogen and oxygen atoms in total. The van der Waals surface area contributed by atoms with Crippen LogP contribution in [0.1, 0.15) is 423 Å². The van der Waals surface area contributed by atoms with Crippen LogP contribution >= 0.6 is 0 Å². The van der Waals surface area contributed by atoms with Gasteiger partial charge in [-0.2, -0.15) is 108 Å². The van der Waals surface area contributed by atoms with E-state index in [1.165, 1.54) is 181 Å². The van der Waals surface area contributed by atoms with E-state index in [1.54, 1.807) is 0 Å². The van der Waals surface area contributed by atoms with E-state index in [9.17, 15) is 0 Å². The largest absolute Gasteiger partial charge is 3.00 e. The Balaban J connectivity index is -0.0000000582. The molecule has 0 aromatic heterocycles. The van der Waals surface area contributed by atoms with E-state index in [-0.39, 0.29) is 294 Å². The van der Waals surface area contributed by atoms with Crippen molar-refractivity contribution >= 4 is 0 Å². The third kappa shape index (κ3) is 89.3. The van der Waals surface area contributed by atoms with Crippen molar-refractivity contribution in [1.29, 1.82) is 0 Å². The van der Waals surface area contributed by atoms with Crippen molar-refractivity contribution in [2.75, 3.05) is 78.5 Å². The molecule has 6 heterocycles. The summed E-state index contributed by atoms with van der Waals surface area (Å²) < 4.78 is 0. The van der Waals surface area contributed by atoms with Crippen molar-refractivity contribution in [3.8, 4) is 0 Å². The van der Waals surface area contributed by atoms with Crippen molar-refractivity contribution in [3.05, 3.63) is 134 Å². The molecule has 135 heavy (non-hydrogen) atoms. The first-order chi connectivity index (χ1) is 61.9. The number of nitrogens with one attached hydrogen (secondary N) is 6. The molecule has 7 radical (unpaired) electrons. The summed E-state index contributed by atoms with van der Waals surface area (Å²) in [6.07, 6.45) is 57.9. The van der Waals surface area contributed by atoms with Gasteiger partial charge < -0.3 is 166 Å². The van der Waals surface area contributed by atoms with Crippen LogP contribution in [0.4, 0.5) is 0 Å². The first-order valence-corrected chi connectivity index (χ1v) is 56.6. The molecule has 25 unspecified atom stereocenters. The predicted molar refractivity (Wildman–Crippen MR) is 591 cm³/mol. The summed E-state index contributed by atoms with van der Waals surface area (Å²) in [4.78, 5) is 0. The quantitative estimate of drug-likeness (QED) is 0.0864. The Kier molecular flexibility index (Phi) is 216. The maximum Gasteiger partial charge on any atom is 3.00 e. The molecule has 16 fully saturated rings. The summed E-state index contributed by atoms with van der Waals surface area (Å²) in [7, 11) is 0. The second kappa shape index (κ2) is 152. The maximum atomic E-state index is 4.20. The fourth-order valence-corrected chi connectivity index (χ4v) is 20.0. The van der Waals surface area contributed by atoms with Crippen LogP contribution in [0.15, 0.2) is 0 Å². The zero-order chi connectivity index (χ0) is 99.6. The van der Waals surface area contributed by atoms with Gasteiger partial charge in [-0.3, -0.25) is 0 Å². The minimum Gasteiger partial charge on any atom is -0.348 e. The summed E-state index contributed by atoms with van der Waals surface area (Å²) in [5.74, 6) is 21.4. The van der Waals surface area contributed by atoms with E-state index in [0.717, 1.165) is 184 Å². The average Bonchev–Trinajstić information content (AvgIpc) is 1.67. The van der Waals surface area contributed by atoms with Gasteiger partial charge in [0.15, 0.2) is 0 Å². The molecule has 0 amide bonds. The van der Waals surface area contributed by atoms with Crippen molar-refractivity contribution < 1.29 is 294 Å². The molecule has 799 valence electrons. The second-order valence-electron chi connectivity index (χ2n) is 31.6. The van der Waals surface area contributed by atoms with Gasteiger partial charge in [-0.05, 0) is 77.3 Å². The van der Waals surface area contributed by atoms with Gasteiger partial charge in [-0.1, -0.05) is 393 Å². The first-order valence-electron chi connectivity index (χ1n) is 56.6. The summed E-state index contributed by atoms with van der Waals surface area (Å²) in [5, 5.41) is 20.3. The molecule has 0 spiro atoms. The molecule has 6 N–H and O–H groups in total. The van der Waals surface area contributed by atoms with Crippen molar-refractivity contribution in [2.45, 2.75) is 423 Å². The Morgan fingerprint density at radius 1 is 0.274 bits per heavy atom. The van der Waals surface area contributed by atoms with Gasteiger partial charge in [-0.15, -0.1) is 13.1 Å². The molecular weight excluding hydrogens is 2330 g/mol. The summed E-state index contributed by atoms with van der Waals surface area (Å²) in [5.41, 5.74) is 0. The molecule has 25 atom stereocenters. The summed E-state index contributed by atoms with van der Waals surface area (Å²) >= 11 is 0. The minimum atomic E-state index is 0. The average molecular weight is 2580 g/mol. The summed E-state index contributed by atoms with van der Waals surface area (Å²) in [6, 6.07) is 0. The van der Waals surface area contributed by atoms with Crippen LogP contribution in [0.3, 0.4) is 0 Å². The van der Waals surface area contributed by atoms with Crippen LogP contribution in [-0.4, -0.2) is 78.5 Å². The maximum absolute atomic E-state index is 4.20. The van der Waals surface area contributed by atoms with Crippen molar-refractivity contribution in [2.24, 2.45) is 148 Å². The van der Waals surface area contributed by atoms with Gasteiger partial charge in [0, 0.05) is 229 Å². The van der Waals surface area contributed by atoms with Gasteiger partial charge in [-0.25, -0.2) is 57.8 Å². The van der Waals surface area contributed by atoms with Gasteiger partial charge >= 0.3 is 65.4 Å². The molecule has 15 heteroatoms. The van der Waals surface area contributed by atoms with E-state index < -0.39 is 0 Å². The molecule has 16 rings (SSSR count). The molecule has 0 aromatic rings. The van der Waals surface area contributed by atoms with Gasteiger partial charge in [0.1, 0.15) is 0 Å². The normalized spacial score (nSPS) is 29.7.